The Balaban J connectivity index is 1.59. The van der Waals surface area contributed by atoms with Gasteiger partial charge in [0.05, 0.1) is 7.11 Å². The topological polar surface area (TPSA) is 9.23 Å². The van der Waals surface area contributed by atoms with Gasteiger partial charge in [0.2, 0.25) is 0 Å². The van der Waals surface area contributed by atoms with Crippen molar-refractivity contribution in [3.63, 3.8) is 0 Å². The van der Waals surface area contributed by atoms with Gasteiger partial charge < -0.3 is 4.74 Å². The van der Waals surface area contributed by atoms with Crippen LogP contribution >= 0.6 is 7.92 Å². The first-order valence-electron chi connectivity index (χ1n) is 13.1. The van der Waals surface area contributed by atoms with Crippen molar-refractivity contribution < 1.29 is 4.74 Å². The van der Waals surface area contributed by atoms with Crippen LogP contribution in [0.15, 0.2) is 152 Å². The van der Waals surface area contributed by atoms with E-state index >= 15 is 0 Å². The normalized spacial score (nSPS) is 11.0. The van der Waals surface area contributed by atoms with Gasteiger partial charge >= 0.3 is 0 Å². The molecule has 0 atom stereocenters. The molecule has 0 N–H and O–H groups in total. The van der Waals surface area contributed by atoms with Gasteiger partial charge in [-0.2, -0.15) is 0 Å². The first-order chi connectivity index (χ1) is 19.2. The Morgan fingerprint density at radius 1 is 0.564 bits per heavy atom. The molecule has 0 aliphatic heterocycles. The fourth-order valence-electron chi connectivity index (χ4n) is 5.14. The minimum atomic E-state index is -0.772. The van der Waals surface area contributed by atoms with Crippen LogP contribution in [0.2, 0.25) is 0 Å². The van der Waals surface area contributed by atoms with Crippen LogP contribution in [-0.2, 0) is 0 Å². The van der Waals surface area contributed by atoms with Crippen molar-refractivity contribution in [2.45, 2.75) is 0 Å². The number of hydrogen-bond donors (Lipinski definition) is 0. The minimum absolute atomic E-state index is 0.772. The molecule has 0 bridgehead atoms. The van der Waals surface area contributed by atoms with Crippen molar-refractivity contribution in [1.29, 1.82) is 0 Å². The van der Waals surface area contributed by atoms with E-state index in [0.717, 1.165) is 22.4 Å². The molecule has 6 rings (SSSR count). The molecule has 0 amide bonds. The Labute approximate surface area is 231 Å². The van der Waals surface area contributed by atoms with Crippen molar-refractivity contribution in [2.75, 3.05) is 7.11 Å². The first-order valence-corrected chi connectivity index (χ1v) is 14.4. The van der Waals surface area contributed by atoms with Crippen LogP contribution in [0.3, 0.4) is 0 Å². The minimum Gasteiger partial charge on any atom is -0.497 e. The van der Waals surface area contributed by atoms with Gasteiger partial charge in [-0.25, -0.2) is 0 Å². The zero-order valence-corrected chi connectivity index (χ0v) is 22.8. The predicted molar refractivity (Wildman–Crippen MR) is 169 cm³/mol. The van der Waals surface area contributed by atoms with E-state index in [1.165, 1.54) is 37.8 Å². The molecule has 188 valence electrons. The Hall–Kier alpha value is -4.45. The third-order valence-corrected chi connectivity index (χ3v) is 9.61. The molecule has 0 unspecified atom stereocenters. The van der Waals surface area contributed by atoms with Gasteiger partial charge in [0.1, 0.15) is 5.75 Å². The van der Waals surface area contributed by atoms with Crippen LogP contribution in [0.1, 0.15) is 11.1 Å². The van der Waals surface area contributed by atoms with E-state index in [-0.39, 0.29) is 0 Å². The van der Waals surface area contributed by atoms with Crippen molar-refractivity contribution in [2.24, 2.45) is 0 Å². The third-order valence-electron chi connectivity index (χ3n) is 7.11. The Bertz CT molecular complexity index is 1700. The first kappa shape index (κ1) is 24.9. The molecule has 0 aliphatic carbocycles. The molecule has 0 saturated carbocycles. The molecule has 6 aromatic carbocycles. The molecule has 0 aromatic heterocycles. The number of fused-ring (bicyclic) bond motifs is 1. The van der Waals surface area contributed by atoms with E-state index in [1.54, 1.807) is 7.11 Å². The van der Waals surface area contributed by atoms with Crippen LogP contribution in [0.4, 0.5) is 0 Å². The number of ether oxygens (including phenoxy) is 1. The maximum atomic E-state index is 5.40. The molecular formula is C37H29OP. The fourth-order valence-corrected chi connectivity index (χ4v) is 7.60. The summed E-state index contributed by atoms with van der Waals surface area (Å²) in [4.78, 5) is 0. The second-order valence-corrected chi connectivity index (χ2v) is 11.7. The standard InChI is InChI=1S/C37H29OP/c1-27(28-21-23-31(38-2)24-22-28)35-25-29-13-9-10-14-30(29)26-36(35)34-19-11-12-20-37(34)39(32-15-5-3-6-16-32)33-17-7-4-8-18-33/h3-26H,1H2,2H3. The maximum Gasteiger partial charge on any atom is 0.118 e. The summed E-state index contributed by atoms with van der Waals surface area (Å²) in [5.74, 6) is 0.840. The van der Waals surface area contributed by atoms with Crippen LogP contribution in [0.5, 0.6) is 5.75 Å². The molecule has 0 fully saturated rings. The predicted octanol–water partition coefficient (Wildman–Crippen LogP) is 8.34. The van der Waals surface area contributed by atoms with E-state index < -0.39 is 7.92 Å². The van der Waals surface area contributed by atoms with Crippen molar-refractivity contribution >= 4 is 40.2 Å². The second-order valence-electron chi connectivity index (χ2n) is 9.48. The second kappa shape index (κ2) is 11.1. The van der Waals surface area contributed by atoms with Crippen LogP contribution in [-0.4, -0.2) is 7.11 Å². The van der Waals surface area contributed by atoms with Crippen LogP contribution in [0, 0.1) is 0 Å². The Kier molecular flexibility index (Phi) is 7.09. The lowest BCUT2D eigenvalue weighted by Gasteiger charge is -2.24. The zero-order chi connectivity index (χ0) is 26.6. The summed E-state index contributed by atoms with van der Waals surface area (Å²) in [5, 5.41) is 6.43. The Morgan fingerprint density at radius 2 is 1.10 bits per heavy atom. The highest BCUT2D eigenvalue weighted by Crippen LogP contribution is 2.41. The molecule has 0 spiro atoms. The van der Waals surface area contributed by atoms with Gasteiger partial charge in [0.25, 0.3) is 0 Å². The van der Waals surface area contributed by atoms with Gasteiger partial charge in [-0.15, -0.1) is 0 Å². The fraction of sp³-hybridized carbons (Fsp3) is 0.0270. The summed E-state index contributed by atoms with van der Waals surface area (Å²) < 4.78 is 5.40. The Morgan fingerprint density at radius 3 is 1.72 bits per heavy atom. The quantitative estimate of drug-likeness (QED) is 0.192. The average Bonchev–Trinajstić information content (AvgIpc) is 3.01. The van der Waals surface area contributed by atoms with E-state index in [1.807, 2.05) is 12.1 Å². The number of benzene rings is 6. The molecule has 1 nitrogen and oxygen atoms in total. The van der Waals surface area contributed by atoms with Crippen molar-refractivity contribution in [3.05, 3.63) is 163 Å². The van der Waals surface area contributed by atoms with E-state index in [2.05, 4.69) is 140 Å². The van der Waals surface area contributed by atoms with Gasteiger partial charge in [-0.1, -0.05) is 128 Å². The molecule has 0 radical (unpaired) electrons. The largest absolute Gasteiger partial charge is 0.497 e. The SMILES string of the molecule is C=C(c1ccc(OC)cc1)c1cc2ccccc2cc1-c1ccccc1P(c1ccccc1)c1ccccc1. The third kappa shape index (κ3) is 5.02. The lowest BCUT2D eigenvalue weighted by molar-refractivity contribution is 0.415. The monoisotopic (exact) mass is 520 g/mol. The van der Waals surface area contributed by atoms with Gasteiger partial charge in [0.15, 0.2) is 0 Å². The van der Waals surface area contributed by atoms with E-state index in [9.17, 15) is 0 Å². The lowest BCUT2D eigenvalue weighted by Crippen LogP contribution is -2.22. The number of methoxy groups -OCH3 is 1. The summed E-state index contributed by atoms with van der Waals surface area (Å²) in [5.41, 5.74) is 5.66. The maximum absolute atomic E-state index is 5.40. The highest BCUT2D eigenvalue weighted by atomic mass is 31.1. The van der Waals surface area contributed by atoms with Crippen LogP contribution < -0.4 is 20.7 Å². The van der Waals surface area contributed by atoms with Crippen molar-refractivity contribution in [1.82, 2.24) is 0 Å². The number of hydrogen-bond acceptors (Lipinski definition) is 1. The summed E-state index contributed by atoms with van der Waals surface area (Å²) in [6.45, 7) is 4.60. The van der Waals surface area contributed by atoms with E-state index in [4.69, 9.17) is 4.74 Å². The summed E-state index contributed by atoms with van der Waals surface area (Å²) in [6, 6.07) is 52.0. The smallest absolute Gasteiger partial charge is 0.118 e. The summed E-state index contributed by atoms with van der Waals surface area (Å²) in [6.07, 6.45) is 0. The zero-order valence-electron chi connectivity index (χ0n) is 21.9. The molecule has 0 heterocycles. The average molecular weight is 521 g/mol. The summed E-state index contributed by atoms with van der Waals surface area (Å²) in [7, 11) is 0.922. The highest BCUT2D eigenvalue weighted by Gasteiger charge is 2.22. The van der Waals surface area contributed by atoms with Gasteiger partial charge in [0, 0.05) is 0 Å². The molecule has 6 aromatic rings. The molecule has 0 saturated heterocycles. The van der Waals surface area contributed by atoms with Gasteiger partial charge in [-0.3, -0.25) is 0 Å². The lowest BCUT2D eigenvalue weighted by atomic mass is 9.89. The molecule has 39 heavy (non-hydrogen) atoms. The summed E-state index contributed by atoms with van der Waals surface area (Å²) >= 11 is 0. The highest BCUT2D eigenvalue weighted by molar-refractivity contribution is 7.80. The van der Waals surface area contributed by atoms with Crippen LogP contribution in [0.25, 0.3) is 27.5 Å². The van der Waals surface area contributed by atoms with Crippen molar-refractivity contribution in [3.8, 4) is 16.9 Å². The number of rotatable bonds is 7. The molecular weight excluding hydrogens is 491 g/mol. The van der Waals surface area contributed by atoms with E-state index in [0.29, 0.717) is 0 Å². The molecule has 2 heteroatoms. The van der Waals surface area contributed by atoms with Gasteiger partial charge in [-0.05, 0) is 86.7 Å². The molecule has 0 aliphatic rings.